The number of anilines is 2. The second kappa shape index (κ2) is 8.25. The molecule has 0 radical (unpaired) electrons. The summed E-state index contributed by atoms with van der Waals surface area (Å²) in [5.74, 6) is 0.176. The SMILES string of the molecule is CCOc1ccccc1N/C=C(/C#N)C(=O)Nc1ccc(O)cc1. The Labute approximate surface area is 140 Å². The van der Waals surface area contributed by atoms with Crippen molar-refractivity contribution in [2.45, 2.75) is 6.92 Å². The number of ether oxygens (including phenoxy) is 1. The van der Waals surface area contributed by atoms with Crippen LogP contribution in [0.25, 0.3) is 0 Å². The summed E-state index contributed by atoms with van der Waals surface area (Å²) >= 11 is 0. The van der Waals surface area contributed by atoms with Crippen molar-refractivity contribution in [1.29, 1.82) is 5.26 Å². The Balaban J connectivity index is 2.10. The summed E-state index contributed by atoms with van der Waals surface area (Å²) in [6.07, 6.45) is 1.33. The second-order valence-corrected chi connectivity index (χ2v) is 4.74. The Bertz CT molecular complexity index is 777. The number of hydrogen-bond acceptors (Lipinski definition) is 5. The lowest BCUT2D eigenvalue weighted by Crippen LogP contribution is -2.14. The van der Waals surface area contributed by atoms with E-state index in [0.29, 0.717) is 23.7 Å². The quantitative estimate of drug-likeness (QED) is 0.431. The molecule has 24 heavy (non-hydrogen) atoms. The summed E-state index contributed by atoms with van der Waals surface area (Å²) < 4.78 is 5.47. The number of nitrogens with zero attached hydrogens (tertiary/aromatic N) is 1. The van der Waals surface area contributed by atoms with Crippen molar-refractivity contribution >= 4 is 17.3 Å². The summed E-state index contributed by atoms with van der Waals surface area (Å²) in [4.78, 5) is 12.1. The first-order chi connectivity index (χ1) is 11.6. The van der Waals surface area contributed by atoms with E-state index in [-0.39, 0.29) is 11.3 Å². The van der Waals surface area contributed by atoms with Crippen molar-refractivity contribution in [2.75, 3.05) is 17.2 Å². The van der Waals surface area contributed by atoms with Gasteiger partial charge in [0.15, 0.2) is 0 Å². The third-order valence-corrected chi connectivity index (χ3v) is 3.05. The average Bonchev–Trinajstić information content (AvgIpc) is 2.59. The molecule has 6 nitrogen and oxygen atoms in total. The van der Waals surface area contributed by atoms with Crippen molar-refractivity contribution < 1.29 is 14.6 Å². The van der Waals surface area contributed by atoms with Crippen LogP contribution in [0.4, 0.5) is 11.4 Å². The van der Waals surface area contributed by atoms with E-state index >= 15 is 0 Å². The number of para-hydroxylation sites is 2. The summed E-state index contributed by atoms with van der Waals surface area (Å²) in [7, 11) is 0. The Hall–Kier alpha value is -3.46. The van der Waals surface area contributed by atoms with Crippen LogP contribution in [0, 0.1) is 11.3 Å². The fourth-order valence-corrected chi connectivity index (χ4v) is 1.91. The molecule has 0 atom stereocenters. The molecule has 0 aliphatic rings. The second-order valence-electron chi connectivity index (χ2n) is 4.74. The number of benzene rings is 2. The summed E-state index contributed by atoms with van der Waals surface area (Å²) in [5.41, 5.74) is 1.05. The predicted octanol–water partition coefficient (Wildman–Crippen LogP) is 3.25. The van der Waals surface area contributed by atoms with Crippen LogP contribution < -0.4 is 15.4 Å². The van der Waals surface area contributed by atoms with Gasteiger partial charge in [-0.15, -0.1) is 0 Å². The molecule has 0 saturated heterocycles. The molecule has 0 heterocycles. The summed E-state index contributed by atoms with van der Waals surface area (Å²) in [6, 6.07) is 15.1. The Morgan fingerprint density at radius 2 is 1.96 bits per heavy atom. The largest absolute Gasteiger partial charge is 0.508 e. The molecule has 1 amide bonds. The van der Waals surface area contributed by atoms with Crippen molar-refractivity contribution in [3.05, 3.63) is 60.3 Å². The fourth-order valence-electron chi connectivity index (χ4n) is 1.91. The maximum Gasteiger partial charge on any atom is 0.267 e. The molecule has 122 valence electrons. The summed E-state index contributed by atoms with van der Waals surface area (Å²) in [5, 5.41) is 23.9. The van der Waals surface area contributed by atoms with Gasteiger partial charge in [0.1, 0.15) is 23.1 Å². The van der Waals surface area contributed by atoms with E-state index in [4.69, 9.17) is 4.74 Å². The average molecular weight is 323 g/mol. The van der Waals surface area contributed by atoms with Crippen LogP contribution in [0.1, 0.15) is 6.92 Å². The van der Waals surface area contributed by atoms with E-state index in [1.165, 1.54) is 18.3 Å². The first-order valence-corrected chi connectivity index (χ1v) is 7.33. The van der Waals surface area contributed by atoms with E-state index in [1.807, 2.05) is 25.1 Å². The number of nitrogens with one attached hydrogen (secondary N) is 2. The number of amides is 1. The van der Waals surface area contributed by atoms with Crippen LogP contribution in [-0.4, -0.2) is 17.6 Å². The van der Waals surface area contributed by atoms with Gasteiger partial charge in [0.25, 0.3) is 5.91 Å². The topological polar surface area (TPSA) is 94.4 Å². The van der Waals surface area contributed by atoms with Gasteiger partial charge in [-0.1, -0.05) is 12.1 Å². The van der Waals surface area contributed by atoms with E-state index in [1.54, 1.807) is 24.3 Å². The maximum absolute atomic E-state index is 12.1. The first-order valence-electron chi connectivity index (χ1n) is 7.33. The minimum Gasteiger partial charge on any atom is -0.508 e. The van der Waals surface area contributed by atoms with E-state index in [9.17, 15) is 15.2 Å². The van der Waals surface area contributed by atoms with Crippen LogP contribution >= 0.6 is 0 Å². The molecule has 0 aliphatic carbocycles. The number of aromatic hydroxyl groups is 1. The van der Waals surface area contributed by atoms with Gasteiger partial charge >= 0.3 is 0 Å². The van der Waals surface area contributed by atoms with Gasteiger partial charge in [-0.05, 0) is 43.3 Å². The van der Waals surface area contributed by atoms with Crippen molar-refractivity contribution in [2.24, 2.45) is 0 Å². The molecule has 0 unspecified atom stereocenters. The predicted molar refractivity (Wildman–Crippen MR) is 91.7 cm³/mol. The number of carbonyl (C=O) groups is 1. The fraction of sp³-hybridized carbons (Fsp3) is 0.111. The third-order valence-electron chi connectivity index (χ3n) is 3.05. The van der Waals surface area contributed by atoms with Gasteiger partial charge in [0.2, 0.25) is 0 Å². The molecule has 2 aromatic carbocycles. The molecular formula is C18H17N3O3. The normalized spacial score (nSPS) is 10.6. The minimum absolute atomic E-state index is 0.0885. The molecule has 0 spiro atoms. The molecule has 0 saturated carbocycles. The molecule has 0 bridgehead atoms. The number of nitriles is 1. The lowest BCUT2D eigenvalue weighted by Gasteiger charge is -2.10. The lowest BCUT2D eigenvalue weighted by molar-refractivity contribution is -0.112. The van der Waals surface area contributed by atoms with Crippen LogP contribution in [-0.2, 0) is 4.79 Å². The monoisotopic (exact) mass is 323 g/mol. The van der Waals surface area contributed by atoms with Crippen molar-refractivity contribution in [3.63, 3.8) is 0 Å². The first kappa shape index (κ1) is 16.9. The minimum atomic E-state index is -0.551. The van der Waals surface area contributed by atoms with Gasteiger partial charge in [0, 0.05) is 11.9 Å². The van der Waals surface area contributed by atoms with E-state index in [0.717, 1.165) is 0 Å². The zero-order valence-corrected chi connectivity index (χ0v) is 13.1. The third kappa shape index (κ3) is 4.52. The highest BCUT2D eigenvalue weighted by Crippen LogP contribution is 2.24. The van der Waals surface area contributed by atoms with Crippen LogP contribution in [0.5, 0.6) is 11.5 Å². The van der Waals surface area contributed by atoms with Crippen molar-refractivity contribution in [3.8, 4) is 17.6 Å². The smallest absolute Gasteiger partial charge is 0.267 e. The number of phenolic OH excluding ortho intramolecular Hbond substituents is 1. The molecule has 2 rings (SSSR count). The molecule has 6 heteroatoms. The van der Waals surface area contributed by atoms with Crippen LogP contribution in [0.2, 0.25) is 0 Å². The molecule has 2 aromatic rings. The Morgan fingerprint density at radius 1 is 1.25 bits per heavy atom. The number of carbonyl (C=O) groups excluding carboxylic acids is 1. The lowest BCUT2D eigenvalue weighted by atomic mass is 10.2. The highest BCUT2D eigenvalue weighted by Gasteiger charge is 2.10. The summed E-state index contributed by atoms with van der Waals surface area (Å²) in [6.45, 7) is 2.38. The highest BCUT2D eigenvalue weighted by atomic mass is 16.5. The molecule has 0 fully saturated rings. The molecule has 0 aromatic heterocycles. The number of hydrogen-bond donors (Lipinski definition) is 3. The van der Waals surface area contributed by atoms with Gasteiger partial charge in [-0.25, -0.2) is 0 Å². The van der Waals surface area contributed by atoms with Crippen molar-refractivity contribution in [1.82, 2.24) is 0 Å². The van der Waals surface area contributed by atoms with Crippen LogP contribution in [0.15, 0.2) is 60.3 Å². The zero-order valence-electron chi connectivity index (χ0n) is 13.1. The Kier molecular flexibility index (Phi) is 5.81. The Morgan fingerprint density at radius 3 is 2.62 bits per heavy atom. The van der Waals surface area contributed by atoms with Gasteiger partial charge in [0.05, 0.1) is 12.3 Å². The zero-order chi connectivity index (χ0) is 17.4. The van der Waals surface area contributed by atoms with Gasteiger partial charge in [-0.2, -0.15) is 5.26 Å². The molecular weight excluding hydrogens is 306 g/mol. The number of rotatable bonds is 6. The van der Waals surface area contributed by atoms with Crippen LogP contribution in [0.3, 0.4) is 0 Å². The van der Waals surface area contributed by atoms with E-state index in [2.05, 4.69) is 10.6 Å². The number of phenols is 1. The standard InChI is InChI=1S/C18H17N3O3/c1-2-24-17-6-4-3-5-16(17)20-12-13(11-19)18(23)21-14-7-9-15(22)10-8-14/h3-10,12,20,22H,2H2,1H3,(H,21,23)/b13-12-. The highest BCUT2D eigenvalue weighted by molar-refractivity contribution is 6.06. The van der Waals surface area contributed by atoms with Gasteiger partial charge < -0.3 is 20.5 Å². The maximum atomic E-state index is 12.1. The van der Waals surface area contributed by atoms with E-state index < -0.39 is 5.91 Å². The van der Waals surface area contributed by atoms with Gasteiger partial charge in [-0.3, -0.25) is 4.79 Å². The molecule has 3 N–H and O–H groups in total. The molecule has 0 aliphatic heterocycles.